The number of hydrogen-bond donors (Lipinski definition) is 1. The Kier molecular flexibility index (Phi) is 2.60. The molecule has 4 aromatic rings. The minimum absolute atomic E-state index is 0.520. The fraction of sp³-hybridized carbons (Fsp3) is 0.0588. The third-order valence-corrected chi connectivity index (χ3v) is 3.69. The molecule has 4 rings (SSSR count). The van der Waals surface area contributed by atoms with Crippen LogP contribution in [-0.4, -0.2) is 14.5 Å². The van der Waals surface area contributed by atoms with E-state index < -0.39 is 0 Å². The van der Waals surface area contributed by atoms with Crippen molar-refractivity contribution in [1.82, 2.24) is 14.5 Å². The summed E-state index contributed by atoms with van der Waals surface area (Å²) in [4.78, 5) is 8.88. The molecule has 2 aromatic heterocycles. The average Bonchev–Trinajstić information content (AvgIpc) is 2.85. The lowest BCUT2D eigenvalue weighted by molar-refractivity contribution is 0.840. The molecule has 0 bridgehead atoms. The van der Waals surface area contributed by atoms with Crippen LogP contribution in [0.15, 0.2) is 60.8 Å². The molecule has 2 N–H and O–H groups in total. The van der Waals surface area contributed by atoms with E-state index in [2.05, 4.69) is 32.7 Å². The van der Waals surface area contributed by atoms with Gasteiger partial charge in [-0.2, -0.15) is 0 Å². The van der Waals surface area contributed by atoms with Crippen molar-refractivity contribution in [2.24, 2.45) is 0 Å². The standard InChI is InChI=1S/C17H14N4/c18-17-20-15-10-19-14-9-5-4-8-13(14)16(15)21(17)11-12-6-2-1-3-7-12/h1-10H,11H2,(H2,18,20). The molecule has 0 unspecified atom stereocenters. The molecule has 0 aliphatic heterocycles. The summed E-state index contributed by atoms with van der Waals surface area (Å²) in [5, 5.41) is 1.08. The molecule has 0 atom stereocenters. The van der Waals surface area contributed by atoms with Gasteiger partial charge in [0.05, 0.1) is 23.8 Å². The molecule has 21 heavy (non-hydrogen) atoms. The summed E-state index contributed by atoms with van der Waals surface area (Å²) in [5.74, 6) is 0.520. The maximum atomic E-state index is 6.12. The normalized spacial score (nSPS) is 11.2. The fourth-order valence-corrected chi connectivity index (χ4v) is 2.71. The van der Waals surface area contributed by atoms with E-state index in [-0.39, 0.29) is 0 Å². The van der Waals surface area contributed by atoms with Crippen molar-refractivity contribution in [1.29, 1.82) is 0 Å². The molecule has 0 spiro atoms. The van der Waals surface area contributed by atoms with Gasteiger partial charge in [0.25, 0.3) is 0 Å². The monoisotopic (exact) mass is 274 g/mol. The smallest absolute Gasteiger partial charge is 0.201 e. The van der Waals surface area contributed by atoms with Gasteiger partial charge in [-0.05, 0) is 11.6 Å². The Labute approximate surface area is 121 Å². The fourth-order valence-electron chi connectivity index (χ4n) is 2.71. The van der Waals surface area contributed by atoms with Crippen molar-refractivity contribution >= 4 is 27.9 Å². The lowest BCUT2D eigenvalue weighted by atomic mass is 10.2. The van der Waals surface area contributed by atoms with E-state index in [1.807, 2.05) is 36.4 Å². The molecule has 0 saturated heterocycles. The third-order valence-electron chi connectivity index (χ3n) is 3.69. The highest BCUT2D eigenvalue weighted by Crippen LogP contribution is 2.26. The van der Waals surface area contributed by atoms with E-state index in [0.717, 1.165) is 21.9 Å². The van der Waals surface area contributed by atoms with E-state index in [4.69, 9.17) is 5.73 Å². The van der Waals surface area contributed by atoms with Gasteiger partial charge in [-0.25, -0.2) is 4.98 Å². The molecule has 102 valence electrons. The van der Waals surface area contributed by atoms with Crippen LogP contribution in [0.4, 0.5) is 5.95 Å². The highest BCUT2D eigenvalue weighted by Gasteiger charge is 2.12. The molecule has 0 radical (unpaired) electrons. The topological polar surface area (TPSA) is 56.7 Å². The van der Waals surface area contributed by atoms with Gasteiger partial charge in [0.2, 0.25) is 5.95 Å². The van der Waals surface area contributed by atoms with Crippen LogP contribution in [-0.2, 0) is 6.54 Å². The van der Waals surface area contributed by atoms with Crippen LogP contribution in [0.25, 0.3) is 21.9 Å². The second-order valence-corrected chi connectivity index (χ2v) is 5.05. The molecule has 4 heteroatoms. The van der Waals surface area contributed by atoms with Crippen LogP contribution in [0.5, 0.6) is 0 Å². The SMILES string of the molecule is Nc1nc2cnc3ccccc3c2n1Cc1ccccc1. The zero-order chi connectivity index (χ0) is 14.2. The number of nitrogens with two attached hydrogens (primary N) is 1. The molecule has 2 aromatic carbocycles. The van der Waals surface area contributed by atoms with Crippen molar-refractivity contribution in [3.63, 3.8) is 0 Å². The molecule has 0 amide bonds. The Hall–Kier alpha value is -2.88. The summed E-state index contributed by atoms with van der Waals surface area (Å²) in [5.41, 5.74) is 10.2. The zero-order valence-corrected chi connectivity index (χ0v) is 11.4. The molecule has 4 nitrogen and oxygen atoms in total. The Morgan fingerprint density at radius 1 is 0.905 bits per heavy atom. The van der Waals surface area contributed by atoms with Gasteiger partial charge in [0.15, 0.2) is 0 Å². The van der Waals surface area contributed by atoms with Gasteiger partial charge in [-0.1, -0.05) is 48.5 Å². The lowest BCUT2D eigenvalue weighted by Crippen LogP contribution is -2.04. The Balaban J connectivity index is 1.99. The quantitative estimate of drug-likeness (QED) is 0.610. The number of imidazole rings is 1. The zero-order valence-electron chi connectivity index (χ0n) is 11.4. The number of nitrogens with zero attached hydrogens (tertiary/aromatic N) is 3. The van der Waals surface area contributed by atoms with E-state index in [1.165, 1.54) is 5.56 Å². The first-order valence-corrected chi connectivity index (χ1v) is 6.86. The third kappa shape index (κ3) is 1.92. The number of nitrogen functional groups attached to an aromatic ring is 1. The largest absolute Gasteiger partial charge is 0.369 e. The Morgan fingerprint density at radius 2 is 1.67 bits per heavy atom. The first-order valence-electron chi connectivity index (χ1n) is 6.86. The maximum absolute atomic E-state index is 6.12. The number of aromatic nitrogens is 3. The van der Waals surface area contributed by atoms with Crippen LogP contribution in [0, 0.1) is 0 Å². The number of anilines is 1. The van der Waals surface area contributed by atoms with Gasteiger partial charge >= 0.3 is 0 Å². The molecule has 0 saturated carbocycles. The van der Waals surface area contributed by atoms with Crippen LogP contribution in [0.1, 0.15) is 5.56 Å². The number of pyridine rings is 1. The molecule has 2 heterocycles. The Morgan fingerprint density at radius 3 is 2.52 bits per heavy atom. The highest BCUT2D eigenvalue weighted by molar-refractivity contribution is 6.02. The first-order chi connectivity index (χ1) is 10.3. The van der Waals surface area contributed by atoms with Gasteiger partial charge in [0, 0.05) is 5.39 Å². The van der Waals surface area contributed by atoms with E-state index in [1.54, 1.807) is 6.20 Å². The molecule has 0 aliphatic carbocycles. The highest BCUT2D eigenvalue weighted by atomic mass is 15.2. The van der Waals surface area contributed by atoms with Crippen molar-refractivity contribution in [2.75, 3.05) is 5.73 Å². The van der Waals surface area contributed by atoms with Crippen LogP contribution in [0.2, 0.25) is 0 Å². The summed E-state index contributed by atoms with van der Waals surface area (Å²) in [6, 6.07) is 18.3. The number of hydrogen-bond acceptors (Lipinski definition) is 3. The number of rotatable bonds is 2. The second-order valence-electron chi connectivity index (χ2n) is 5.05. The van der Waals surface area contributed by atoms with Crippen molar-refractivity contribution < 1.29 is 0 Å². The summed E-state index contributed by atoms with van der Waals surface area (Å²) in [6.45, 7) is 0.706. The number of para-hydroxylation sites is 1. The van der Waals surface area contributed by atoms with E-state index in [9.17, 15) is 0 Å². The van der Waals surface area contributed by atoms with E-state index >= 15 is 0 Å². The van der Waals surface area contributed by atoms with Crippen LogP contribution in [0.3, 0.4) is 0 Å². The Bertz CT molecular complexity index is 925. The minimum atomic E-state index is 0.520. The number of benzene rings is 2. The van der Waals surface area contributed by atoms with Crippen LogP contribution >= 0.6 is 0 Å². The molecular formula is C17H14N4. The van der Waals surface area contributed by atoms with Crippen molar-refractivity contribution in [3.05, 3.63) is 66.4 Å². The average molecular weight is 274 g/mol. The molecule has 0 aliphatic rings. The number of fused-ring (bicyclic) bond motifs is 3. The first kappa shape index (κ1) is 11.9. The predicted molar refractivity (Wildman–Crippen MR) is 85.0 cm³/mol. The van der Waals surface area contributed by atoms with Gasteiger partial charge in [-0.3, -0.25) is 4.98 Å². The molecule has 0 fully saturated rings. The predicted octanol–water partition coefficient (Wildman–Crippen LogP) is 3.22. The van der Waals surface area contributed by atoms with Gasteiger partial charge in [-0.15, -0.1) is 0 Å². The minimum Gasteiger partial charge on any atom is -0.369 e. The maximum Gasteiger partial charge on any atom is 0.201 e. The lowest BCUT2D eigenvalue weighted by Gasteiger charge is -2.08. The van der Waals surface area contributed by atoms with E-state index in [0.29, 0.717) is 12.5 Å². The van der Waals surface area contributed by atoms with Gasteiger partial charge in [0.1, 0.15) is 5.52 Å². The summed E-state index contributed by atoms with van der Waals surface area (Å²) in [6.07, 6.45) is 1.79. The summed E-state index contributed by atoms with van der Waals surface area (Å²) < 4.78 is 2.05. The summed E-state index contributed by atoms with van der Waals surface area (Å²) in [7, 11) is 0. The second kappa shape index (κ2) is 4.59. The van der Waals surface area contributed by atoms with Gasteiger partial charge < -0.3 is 10.3 Å². The van der Waals surface area contributed by atoms with Crippen molar-refractivity contribution in [2.45, 2.75) is 6.54 Å². The van der Waals surface area contributed by atoms with Crippen LogP contribution < -0.4 is 5.73 Å². The van der Waals surface area contributed by atoms with Crippen molar-refractivity contribution in [3.8, 4) is 0 Å². The molecular weight excluding hydrogens is 260 g/mol. The summed E-state index contributed by atoms with van der Waals surface area (Å²) >= 11 is 0.